The van der Waals surface area contributed by atoms with Gasteiger partial charge in [-0.25, -0.2) is 0 Å². The van der Waals surface area contributed by atoms with E-state index in [1.807, 2.05) is 0 Å². The van der Waals surface area contributed by atoms with Crippen LogP contribution in [0.2, 0.25) is 0 Å². The normalized spacial score (nSPS) is 26.6. The standard InChI is InChI=1S/C19H22F3NO3/c1-12(13-4-6-14(7-5-13)19(20,21)22)9-16(24)23-10-15-3-2-8-18(15,11-23)17(25)26/h4-7,12,15H,2-3,8-11H2,1H3,(H,25,26)/t12?,15-,18+/m0/s1. The van der Waals surface area contributed by atoms with Crippen molar-refractivity contribution >= 4 is 11.9 Å². The molecule has 0 spiro atoms. The van der Waals surface area contributed by atoms with Crippen molar-refractivity contribution in [1.82, 2.24) is 4.90 Å². The Bertz CT molecular complexity index is 701. The third-order valence-electron chi connectivity index (χ3n) is 5.94. The van der Waals surface area contributed by atoms with E-state index < -0.39 is 23.1 Å². The third kappa shape index (κ3) is 3.31. The minimum absolute atomic E-state index is 0.00493. The number of aliphatic carboxylic acids is 1. The van der Waals surface area contributed by atoms with E-state index in [9.17, 15) is 27.9 Å². The van der Waals surface area contributed by atoms with Gasteiger partial charge in [0, 0.05) is 19.5 Å². The van der Waals surface area contributed by atoms with Crippen LogP contribution in [0.4, 0.5) is 13.2 Å². The zero-order valence-corrected chi connectivity index (χ0v) is 14.6. The van der Waals surface area contributed by atoms with Crippen molar-refractivity contribution < 1.29 is 27.9 Å². The van der Waals surface area contributed by atoms with Gasteiger partial charge in [0.15, 0.2) is 0 Å². The Kier molecular flexibility index (Phi) is 4.75. The van der Waals surface area contributed by atoms with Crippen molar-refractivity contribution in [2.45, 2.75) is 44.7 Å². The minimum Gasteiger partial charge on any atom is -0.481 e. The summed E-state index contributed by atoms with van der Waals surface area (Å²) >= 11 is 0. The van der Waals surface area contributed by atoms with E-state index in [0.717, 1.165) is 25.0 Å². The molecule has 1 saturated heterocycles. The van der Waals surface area contributed by atoms with Gasteiger partial charge in [-0.2, -0.15) is 13.2 Å². The molecule has 1 N–H and O–H groups in total. The highest BCUT2D eigenvalue weighted by Gasteiger charge is 2.55. The maximum absolute atomic E-state index is 12.6. The monoisotopic (exact) mass is 369 g/mol. The predicted molar refractivity (Wildman–Crippen MR) is 88.5 cm³/mol. The van der Waals surface area contributed by atoms with E-state index in [2.05, 4.69) is 0 Å². The summed E-state index contributed by atoms with van der Waals surface area (Å²) in [6.07, 6.45) is -1.92. The number of hydrogen-bond acceptors (Lipinski definition) is 2. The number of benzene rings is 1. The first kappa shape index (κ1) is 18.7. The molecule has 3 atom stereocenters. The number of carboxylic acids is 1. The first-order chi connectivity index (χ1) is 12.1. The summed E-state index contributed by atoms with van der Waals surface area (Å²) in [5, 5.41) is 9.60. The highest BCUT2D eigenvalue weighted by Crippen LogP contribution is 2.49. The quantitative estimate of drug-likeness (QED) is 0.875. The van der Waals surface area contributed by atoms with E-state index in [0.29, 0.717) is 18.5 Å². The number of carbonyl (C=O) groups is 2. The van der Waals surface area contributed by atoms with Gasteiger partial charge in [-0.1, -0.05) is 25.5 Å². The van der Waals surface area contributed by atoms with Crippen LogP contribution in [-0.2, 0) is 15.8 Å². The number of halogens is 3. The lowest BCUT2D eigenvalue weighted by Gasteiger charge is -2.24. The number of amides is 1. The number of carboxylic acid groups (broad SMARTS) is 1. The van der Waals surface area contributed by atoms with Crippen LogP contribution in [0.3, 0.4) is 0 Å². The van der Waals surface area contributed by atoms with Gasteiger partial charge >= 0.3 is 12.1 Å². The average molecular weight is 369 g/mol. The largest absolute Gasteiger partial charge is 0.481 e. The first-order valence-corrected chi connectivity index (χ1v) is 8.82. The Morgan fingerprint density at radius 1 is 1.31 bits per heavy atom. The fraction of sp³-hybridized carbons (Fsp3) is 0.579. The molecule has 26 heavy (non-hydrogen) atoms. The highest BCUT2D eigenvalue weighted by molar-refractivity contribution is 5.81. The first-order valence-electron chi connectivity index (χ1n) is 8.82. The Labute approximate surface area is 150 Å². The number of fused-ring (bicyclic) bond motifs is 1. The maximum atomic E-state index is 12.6. The molecule has 2 aliphatic rings. The van der Waals surface area contributed by atoms with Crippen LogP contribution < -0.4 is 0 Å². The second-order valence-electron chi connectivity index (χ2n) is 7.55. The van der Waals surface area contributed by atoms with E-state index in [4.69, 9.17) is 0 Å². The van der Waals surface area contributed by atoms with E-state index in [1.54, 1.807) is 11.8 Å². The summed E-state index contributed by atoms with van der Waals surface area (Å²) in [4.78, 5) is 25.9. The smallest absolute Gasteiger partial charge is 0.416 e. The number of carbonyl (C=O) groups excluding carboxylic acids is 1. The van der Waals surface area contributed by atoms with Crippen molar-refractivity contribution in [2.24, 2.45) is 11.3 Å². The van der Waals surface area contributed by atoms with Crippen LogP contribution in [0.5, 0.6) is 0 Å². The molecule has 7 heteroatoms. The fourth-order valence-electron chi connectivity index (χ4n) is 4.34. The molecule has 0 bridgehead atoms. The molecule has 1 saturated carbocycles. The number of nitrogens with zero attached hydrogens (tertiary/aromatic N) is 1. The molecule has 0 radical (unpaired) electrons. The maximum Gasteiger partial charge on any atom is 0.416 e. The van der Waals surface area contributed by atoms with Crippen molar-refractivity contribution in [1.29, 1.82) is 0 Å². The van der Waals surface area contributed by atoms with Gasteiger partial charge in [0.2, 0.25) is 5.91 Å². The fourth-order valence-corrected chi connectivity index (χ4v) is 4.34. The van der Waals surface area contributed by atoms with Crippen molar-refractivity contribution in [3.63, 3.8) is 0 Å². The Morgan fingerprint density at radius 2 is 1.96 bits per heavy atom. The summed E-state index contributed by atoms with van der Waals surface area (Å²) < 4.78 is 37.9. The highest BCUT2D eigenvalue weighted by atomic mass is 19.4. The molecule has 1 aliphatic heterocycles. The molecule has 4 nitrogen and oxygen atoms in total. The number of hydrogen-bond donors (Lipinski definition) is 1. The molecule has 0 aromatic heterocycles. The summed E-state index contributed by atoms with van der Waals surface area (Å²) in [5.74, 6) is -1.19. The topological polar surface area (TPSA) is 57.6 Å². The van der Waals surface area contributed by atoms with Crippen LogP contribution in [0.15, 0.2) is 24.3 Å². The van der Waals surface area contributed by atoms with Crippen LogP contribution in [0.25, 0.3) is 0 Å². The molecule has 1 unspecified atom stereocenters. The SMILES string of the molecule is CC(CC(=O)N1C[C@@H]2CCC[C@@]2(C(=O)O)C1)c1ccc(C(F)(F)F)cc1. The number of alkyl halides is 3. The molecule has 1 heterocycles. The van der Waals surface area contributed by atoms with Gasteiger partial charge in [-0.05, 0) is 42.4 Å². The Balaban J connectivity index is 1.64. The third-order valence-corrected chi connectivity index (χ3v) is 5.94. The van der Waals surface area contributed by atoms with Gasteiger partial charge in [-0.3, -0.25) is 9.59 Å². The lowest BCUT2D eigenvalue weighted by Crippen LogP contribution is -2.37. The van der Waals surface area contributed by atoms with Crippen LogP contribution in [-0.4, -0.2) is 35.0 Å². The molecule has 3 rings (SSSR count). The molecule has 1 amide bonds. The van der Waals surface area contributed by atoms with Gasteiger partial charge < -0.3 is 10.0 Å². The van der Waals surface area contributed by atoms with Crippen LogP contribution in [0.1, 0.15) is 49.7 Å². The molecule has 1 aliphatic carbocycles. The minimum atomic E-state index is -4.38. The molecular weight excluding hydrogens is 347 g/mol. The number of rotatable bonds is 4. The zero-order chi connectivity index (χ0) is 19.1. The second-order valence-corrected chi connectivity index (χ2v) is 7.55. The molecule has 2 fully saturated rings. The second kappa shape index (κ2) is 6.59. The van der Waals surface area contributed by atoms with Crippen LogP contribution in [0, 0.1) is 11.3 Å². The lowest BCUT2D eigenvalue weighted by atomic mass is 9.81. The van der Waals surface area contributed by atoms with E-state index >= 15 is 0 Å². The molecular formula is C19H22F3NO3. The van der Waals surface area contributed by atoms with Gasteiger partial charge in [-0.15, -0.1) is 0 Å². The summed E-state index contributed by atoms with van der Waals surface area (Å²) in [6.45, 7) is 2.50. The van der Waals surface area contributed by atoms with Gasteiger partial charge in [0.25, 0.3) is 0 Å². The molecule has 142 valence electrons. The average Bonchev–Trinajstić information content (AvgIpc) is 3.12. The summed E-state index contributed by atoms with van der Waals surface area (Å²) in [5.41, 5.74) is -0.859. The van der Waals surface area contributed by atoms with Gasteiger partial charge in [0.1, 0.15) is 0 Å². The lowest BCUT2D eigenvalue weighted by molar-refractivity contribution is -0.149. The predicted octanol–water partition coefficient (Wildman–Crippen LogP) is 3.91. The molecule has 1 aromatic carbocycles. The van der Waals surface area contributed by atoms with Crippen molar-refractivity contribution in [2.75, 3.05) is 13.1 Å². The van der Waals surface area contributed by atoms with Gasteiger partial charge in [0.05, 0.1) is 11.0 Å². The Hall–Kier alpha value is -2.05. The van der Waals surface area contributed by atoms with E-state index in [1.165, 1.54) is 12.1 Å². The number of likely N-dealkylation sites (tertiary alicyclic amines) is 1. The van der Waals surface area contributed by atoms with E-state index in [-0.39, 0.29) is 30.7 Å². The van der Waals surface area contributed by atoms with Crippen molar-refractivity contribution in [3.05, 3.63) is 35.4 Å². The van der Waals surface area contributed by atoms with Crippen molar-refractivity contribution in [3.8, 4) is 0 Å². The Morgan fingerprint density at radius 3 is 2.50 bits per heavy atom. The summed E-state index contributed by atoms with van der Waals surface area (Å²) in [7, 11) is 0. The zero-order valence-electron chi connectivity index (χ0n) is 14.6. The van der Waals surface area contributed by atoms with Crippen LogP contribution >= 0.6 is 0 Å². The molecule has 1 aromatic rings. The summed E-state index contributed by atoms with van der Waals surface area (Å²) in [6, 6.07) is 4.85.